The number of aliphatic hydroxyl groups is 1. The minimum absolute atomic E-state index is 0.0371. The van der Waals surface area contributed by atoms with Crippen molar-refractivity contribution in [3.05, 3.63) is 0 Å². The minimum atomic E-state index is -6.55. The van der Waals surface area contributed by atoms with Gasteiger partial charge in [0.05, 0.1) is 0 Å². The van der Waals surface area contributed by atoms with Gasteiger partial charge in [-0.3, -0.25) is 4.79 Å². The SMILES string of the molecule is O=C(NCCCCO)C(F)(F)C(F)(F)C(F)(F)C(F)F. The van der Waals surface area contributed by atoms with Crippen molar-refractivity contribution < 1.29 is 45.0 Å². The zero-order chi connectivity index (χ0) is 16.2. The Morgan fingerprint density at radius 2 is 1.55 bits per heavy atom. The largest absolute Gasteiger partial charge is 0.396 e. The Kier molecular flexibility index (Phi) is 6.18. The Morgan fingerprint density at radius 3 is 1.95 bits per heavy atom. The van der Waals surface area contributed by atoms with Gasteiger partial charge in [0.2, 0.25) is 0 Å². The van der Waals surface area contributed by atoms with E-state index >= 15 is 0 Å². The predicted octanol–water partition coefficient (Wildman–Crippen LogP) is 2.05. The summed E-state index contributed by atoms with van der Waals surface area (Å²) >= 11 is 0. The summed E-state index contributed by atoms with van der Waals surface area (Å²) in [5, 5.41) is 9.54. The molecule has 0 spiro atoms. The summed E-state index contributed by atoms with van der Waals surface area (Å²) in [5.74, 6) is -21.7. The lowest BCUT2D eigenvalue weighted by molar-refractivity contribution is -0.327. The highest BCUT2D eigenvalue weighted by Crippen LogP contribution is 2.48. The van der Waals surface area contributed by atoms with E-state index in [-0.39, 0.29) is 19.4 Å². The van der Waals surface area contributed by atoms with Crippen molar-refractivity contribution >= 4 is 5.91 Å². The van der Waals surface area contributed by atoms with E-state index in [0.717, 1.165) is 0 Å². The van der Waals surface area contributed by atoms with Gasteiger partial charge in [-0.25, -0.2) is 8.78 Å². The molecule has 0 bridgehead atoms. The number of hydrogen-bond acceptors (Lipinski definition) is 2. The number of nitrogens with one attached hydrogen (secondary N) is 1. The number of halogens is 8. The van der Waals surface area contributed by atoms with Gasteiger partial charge >= 0.3 is 24.2 Å². The summed E-state index contributed by atoms with van der Waals surface area (Å²) in [6.45, 7) is -0.975. The first-order valence-electron chi connectivity index (χ1n) is 5.23. The smallest absolute Gasteiger partial charge is 0.392 e. The summed E-state index contributed by atoms with van der Waals surface area (Å²) in [4.78, 5) is 10.8. The first-order valence-corrected chi connectivity index (χ1v) is 5.23. The number of carbonyl (C=O) groups excluding carboxylic acids is 1. The molecule has 0 heterocycles. The molecule has 0 saturated carbocycles. The summed E-state index contributed by atoms with van der Waals surface area (Å²) < 4.78 is 99.7. The molecule has 0 saturated heterocycles. The molecular formula is C9H11F8NO2. The van der Waals surface area contributed by atoms with Gasteiger partial charge in [-0.05, 0) is 12.8 Å². The highest BCUT2D eigenvalue weighted by molar-refractivity contribution is 5.84. The molecule has 2 N–H and O–H groups in total. The molecule has 1 amide bonds. The average Bonchev–Trinajstić information content (AvgIpc) is 2.33. The van der Waals surface area contributed by atoms with Crippen LogP contribution in [0.1, 0.15) is 12.8 Å². The van der Waals surface area contributed by atoms with Gasteiger partial charge in [0.1, 0.15) is 0 Å². The van der Waals surface area contributed by atoms with Crippen LogP contribution in [0.15, 0.2) is 0 Å². The maximum atomic E-state index is 12.9. The third-order valence-electron chi connectivity index (χ3n) is 2.24. The lowest BCUT2D eigenvalue weighted by Gasteiger charge is -2.31. The van der Waals surface area contributed by atoms with Crippen molar-refractivity contribution in [2.24, 2.45) is 0 Å². The first kappa shape index (κ1) is 18.9. The molecule has 0 unspecified atom stereocenters. The predicted molar refractivity (Wildman–Crippen MR) is 50.2 cm³/mol. The molecule has 0 aromatic rings. The van der Waals surface area contributed by atoms with Gasteiger partial charge in [0.15, 0.2) is 0 Å². The van der Waals surface area contributed by atoms with E-state index in [1.807, 2.05) is 0 Å². The Balaban J connectivity index is 4.96. The molecule has 0 atom stereocenters. The molecule has 0 aliphatic rings. The molecule has 0 fully saturated rings. The fourth-order valence-electron chi connectivity index (χ4n) is 1.04. The topological polar surface area (TPSA) is 49.3 Å². The van der Waals surface area contributed by atoms with Gasteiger partial charge < -0.3 is 10.4 Å². The third-order valence-corrected chi connectivity index (χ3v) is 2.24. The molecule has 0 aliphatic heterocycles. The van der Waals surface area contributed by atoms with Crippen LogP contribution in [0.5, 0.6) is 0 Å². The van der Waals surface area contributed by atoms with Gasteiger partial charge in [-0.15, -0.1) is 0 Å². The van der Waals surface area contributed by atoms with E-state index in [0.29, 0.717) is 0 Å². The molecular weight excluding hydrogens is 306 g/mol. The highest BCUT2D eigenvalue weighted by atomic mass is 19.4. The van der Waals surface area contributed by atoms with E-state index in [1.165, 1.54) is 5.32 Å². The van der Waals surface area contributed by atoms with Gasteiger partial charge in [0.25, 0.3) is 5.91 Å². The molecule has 0 radical (unpaired) electrons. The van der Waals surface area contributed by atoms with Crippen LogP contribution >= 0.6 is 0 Å². The van der Waals surface area contributed by atoms with Crippen LogP contribution in [0.3, 0.4) is 0 Å². The first-order chi connectivity index (χ1) is 8.92. The number of unbranched alkanes of at least 4 members (excludes halogenated alkanes) is 1. The molecule has 0 rings (SSSR count). The number of aliphatic hydroxyl groups excluding tert-OH is 1. The van der Waals surface area contributed by atoms with Crippen LogP contribution in [0.25, 0.3) is 0 Å². The number of rotatable bonds is 8. The number of carbonyl (C=O) groups is 1. The zero-order valence-electron chi connectivity index (χ0n) is 9.78. The molecule has 20 heavy (non-hydrogen) atoms. The van der Waals surface area contributed by atoms with Gasteiger partial charge in [0, 0.05) is 13.2 Å². The molecule has 0 aliphatic carbocycles. The van der Waals surface area contributed by atoms with Crippen LogP contribution in [-0.2, 0) is 4.79 Å². The van der Waals surface area contributed by atoms with Crippen LogP contribution in [0.4, 0.5) is 35.1 Å². The summed E-state index contributed by atoms with van der Waals surface area (Å²) in [6.07, 6.45) is -5.12. The van der Waals surface area contributed by atoms with E-state index < -0.39 is 36.6 Å². The van der Waals surface area contributed by atoms with Gasteiger partial charge in [-0.1, -0.05) is 0 Å². The lowest BCUT2D eigenvalue weighted by Crippen LogP contribution is -2.63. The fourth-order valence-corrected chi connectivity index (χ4v) is 1.04. The zero-order valence-corrected chi connectivity index (χ0v) is 9.78. The Bertz CT molecular complexity index is 334. The van der Waals surface area contributed by atoms with Crippen LogP contribution in [0.2, 0.25) is 0 Å². The van der Waals surface area contributed by atoms with Crippen molar-refractivity contribution in [1.29, 1.82) is 0 Å². The third kappa shape index (κ3) is 3.49. The maximum absolute atomic E-state index is 12.9. The van der Waals surface area contributed by atoms with E-state index in [2.05, 4.69) is 0 Å². The normalized spacial score (nSPS) is 13.7. The molecule has 120 valence electrons. The summed E-state index contributed by atoms with van der Waals surface area (Å²) in [7, 11) is 0. The van der Waals surface area contributed by atoms with Crippen LogP contribution in [-0.4, -0.2) is 48.4 Å². The van der Waals surface area contributed by atoms with E-state index in [1.54, 1.807) is 0 Å². The Labute approximate surface area is 107 Å². The van der Waals surface area contributed by atoms with Gasteiger partial charge in [-0.2, -0.15) is 26.3 Å². The van der Waals surface area contributed by atoms with Crippen LogP contribution < -0.4 is 5.32 Å². The fraction of sp³-hybridized carbons (Fsp3) is 0.889. The molecule has 11 heteroatoms. The lowest BCUT2D eigenvalue weighted by atomic mass is 10.0. The van der Waals surface area contributed by atoms with Crippen molar-refractivity contribution in [2.75, 3.05) is 13.2 Å². The quantitative estimate of drug-likeness (QED) is 0.532. The van der Waals surface area contributed by atoms with Crippen molar-refractivity contribution in [3.8, 4) is 0 Å². The second-order valence-corrected chi connectivity index (χ2v) is 3.76. The second-order valence-electron chi connectivity index (χ2n) is 3.76. The minimum Gasteiger partial charge on any atom is -0.396 e. The molecule has 0 aromatic heterocycles. The number of amides is 1. The number of alkyl halides is 8. The highest BCUT2D eigenvalue weighted by Gasteiger charge is 2.78. The van der Waals surface area contributed by atoms with E-state index in [9.17, 15) is 39.9 Å². The Morgan fingerprint density at radius 1 is 1.05 bits per heavy atom. The number of hydrogen-bond donors (Lipinski definition) is 2. The average molecular weight is 317 g/mol. The van der Waals surface area contributed by atoms with Crippen LogP contribution in [0, 0.1) is 0 Å². The molecule has 0 aromatic carbocycles. The maximum Gasteiger partial charge on any atom is 0.392 e. The van der Waals surface area contributed by atoms with E-state index in [4.69, 9.17) is 5.11 Å². The second kappa shape index (κ2) is 6.55. The molecule has 3 nitrogen and oxygen atoms in total. The standard InChI is InChI=1S/C9H11F8NO2/c10-5(11)7(12,13)9(16,17)8(14,15)6(20)18-3-1-2-4-19/h5,19H,1-4H2,(H,18,20). The Hall–Kier alpha value is -1.13. The summed E-state index contributed by atoms with van der Waals surface area (Å²) in [5.41, 5.74) is 0. The van der Waals surface area contributed by atoms with Crippen molar-refractivity contribution in [3.63, 3.8) is 0 Å². The van der Waals surface area contributed by atoms with Crippen molar-refractivity contribution in [1.82, 2.24) is 5.32 Å². The summed E-state index contributed by atoms with van der Waals surface area (Å²) in [6, 6.07) is 0. The monoisotopic (exact) mass is 317 g/mol. The van der Waals surface area contributed by atoms with Crippen molar-refractivity contribution in [2.45, 2.75) is 37.0 Å².